The molecule has 0 radical (unpaired) electrons. The topological polar surface area (TPSA) is 130 Å². The van der Waals surface area contributed by atoms with Gasteiger partial charge in [0.05, 0.1) is 18.2 Å². The first-order chi connectivity index (χ1) is 16.9. The van der Waals surface area contributed by atoms with E-state index in [-0.39, 0.29) is 18.4 Å². The van der Waals surface area contributed by atoms with E-state index in [2.05, 4.69) is 16.7 Å². The van der Waals surface area contributed by atoms with Gasteiger partial charge < -0.3 is 24.9 Å². The number of β-amino-alcohol motifs (C(OH)–C–C–N with tert-alkyl or cyclic N) is 1. The Balaban J connectivity index is 1.21. The Morgan fingerprint density at radius 1 is 1.29 bits per heavy atom. The molecule has 3 unspecified atom stereocenters. The number of carbonyl (C=O) groups excluding carboxylic acids is 1. The zero-order valence-corrected chi connectivity index (χ0v) is 19.5. The number of ether oxygens (including phenoxy) is 1. The van der Waals surface area contributed by atoms with E-state index in [1.54, 1.807) is 13.1 Å². The fourth-order valence-electron chi connectivity index (χ4n) is 4.59. The summed E-state index contributed by atoms with van der Waals surface area (Å²) in [5.74, 6) is -0.541. The van der Waals surface area contributed by atoms with Crippen molar-refractivity contribution in [3.63, 3.8) is 0 Å². The number of nitrogens with zero attached hydrogens (tertiary/aromatic N) is 2. The maximum atomic E-state index is 12.7. The number of fused-ring (bicyclic) bond motifs is 1. The van der Waals surface area contributed by atoms with Crippen molar-refractivity contribution in [1.29, 1.82) is 5.26 Å². The molecule has 2 fully saturated rings. The lowest BCUT2D eigenvalue weighted by Crippen LogP contribution is -2.46. The van der Waals surface area contributed by atoms with Crippen molar-refractivity contribution >= 4 is 17.0 Å². The molecule has 3 N–H and O–H groups in total. The van der Waals surface area contributed by atoms with E-state index in [0.717, 1.165) is 35.0 Å². The fraction of sp³-hybridized carbons (Fsp3) is 0.423. The number of hydrogen-bond acceptors (Lipinski definition) is 7. The third-order valence-electron chi connectivity index (χ3n) is 6.92. The quantitative estimate of drug-likeness (QED) is 0.491. The van der Waals surface area contributed by atoms with E-state index in [4.69, 9.17) is 9.15 Å². The van der Waals surface area contributed by atoms with E-state index >= 15 is 0 Å². The summed E-state index contributed by atoms with van der Waals surface area (Å²) in [7, 11) is 1.67. The Morgan fingerprint density at radius 3 is 2.74 bits per heavy atom. The summed E-state index contributed by atoms with van der Waals surface area (Å²) in [5, 5.41) is 26.2. The number of carbonyl (C=O) groups is 1. The van der Waals surface area contributed by atoms with Crippen molar-refractivity contribution in [2.45, 2.75) is 37.0 Å². The molecular formula is C26H28N4O5. The maximum Gasteiger partial charge on any atom is 0.419 e. The molecule has 182 valence electrons. The molecule has 0 spiro atoms. The lowest BCUT2D eigenvalue weighted by molar-refractivity contribution is -0.136. The molecule has 1 aliphatic heterocycles. The third-order valence-corrected chi connectivity index (χ3v) is 6.92. The highest BCUT2D eigenvalue weighted by Gasteiger charge is 2.46. The smallest absolute Gasteiger partial charge is 0.408 e. The van der Waals surface area contributed by atoms with Crippen molar-refractivity contribution in [3.05, 3.63) is 58.6 Å². The van der Waals surface area contributed by atoms with Gasteiger partial charge in [-0.05, 0) is 47.6 Å². The number of amides is 1. The maximum absolute atomic E-state index is 12.7. The summed E-state index contributed by atoms with van der Waals surface area (Å²) in [6.45, 7) is 0.805. The van der Waals surface area contributed by atoms with Crippen molar-refractivity contribution in [3.8, 4) is 17.2 Å². The number of nitrogens with one attached hydrogen (secondary N) is 2. The molecule has 1 aromatic heterocycles. The van der Waals surface area contributed by atoms with Crippen LogP contribution in [-0.2, 0) is 23.0 Å². The van der Waals surface area contributed by atoms with Crippen LogP contribution in [0.4, 0.5) is 0 Å². The first-order valence-electron chi connectivity index (χ1n) is 11.8. The predicted octanol–water partition coefficient (Wildman–Crippen LogP) is 1.48. The SMILES string of the molecule is Cn1c(=O)oc2ccc(-c3ccc(CC(C#N)NC(=O)C4CNCC(O)(C5CC5)CO4)cc3)cc21. The number of aliphatic hydroxyl groups is 1. The number of hydrogen-bond donors (Lipinski definition) is 3. The van der Waals surface area contributed by atoms with E-state index in [1.165, 1.54) is 4.57 Å². The number of rotatable bonds is 6. The highest BCUT2D eigenvalue weighted by atomic mass is 16.5. The first-order valence-corrected chi connectivity index (χ1v) is 11.8. The molecule has 1 saturated heterocycles. The highest BCUT2D eigenvalue weighted by molar-refractivity contribution is 5.82. The fourth-order valence-corrected chi connectivity index (χ4v) is 4.59. The lowest BCUT2D eigenvalue weighted by Gasteiger charge is -2.25. The Morgan fingerprint density at radius 2 is 2.03 bits per heavy atom. The van der Waals surface area contributed by atoms with Gasteiger partial charge in [-0.15, -0.1) is 0 Å². The Labute approximate surface area is 202 Å². The van der Waals surface area contributed by atoms with Gasteiger partial charge in [-0.3, -0.25) is 9.36 Å². The molecule has 35 heavy (non-hydrogen) atoms. The Bertz CT molecular complexity index is 1330. The van der Waals surface area contributed by atoms with Crippen LogP contribution in [0.5, 0.6) is 0 Å². The molecule has 3 atom stereocenters. The largest absolute Gasteiger partial charge is 0.419 e. The van der Waals surface area contributed by atoms with Gasteiger partial charge in [-0.25, -0.2) is 4.79 Å². The molecule has 1 aliphatic carbocycles. The Hall–Kier alpha value is -3.45. The van der Waals surface area contributed by atoms with Crippen LogP contribution in [0.15, 0.2) is 51.7 Å². The van der Waals surface area contributed by atoms with Crippen LogP contribution in [-0.4, -0.2) is 53.0 Å². The standard InChI is InChI=1S/C26H28N4O5/c1-30-21-11-18(6-9-22(21)35-25(30)32)17-4-2-16(3-5-17)10-20(12-27)29-24(31)23-13-28-14-26(33,15-34-23)19-7-8-19/h2-6,9,11,19-20,23,28,33H,7-8,10,13-15H2,1H3,(H,29,31). The molecular weight excluding hydrogens is 448 g/mol. The van der Waals surface area contributed by atoms with Crippen LogP contribution >= 0.6 is 0 Å². The summed E-state index contributed by atoms with van der Waals surface area (Å²) < 4.78 is 12.4. The monoisotopic (exact) mass is 476 g/mol. The van der Waals surface area contributed by atoms with E-state index in [0.29, 0.717) is 25.1 Å². The molecule has 2 aliphatic rings. The minimum absolute atomic E-state index is 0.111. The molecule has 9 nitrogen and oxygen atoms in total. The third kappa shape index (κ3) is 4.86. The van der Waals surface area contributed by atoms with E-state index in [9.17, 15) is 20.0 Å². The second kappa shape index (κ2) is 9.30. The van der Waals surface area contributed by atoms with Crippen molar-refractivity contribution in [2.75, 3.05) is 19.7 Å². The van der Waals surface area contributed by atoms with Crippen molar-refractivity contribution in [2.24, 2.45) is 13.0 Å². The molecule has 5 rings (SSSR count). The van der Waals surface area contributed by atoms with Gasteiger partial charge in [0, 0.05) is 26.6 Å². The van der Waals surface area contributed by atoms with Crippen LogP contribution in [0.25, 0.3) is 22.2 Å². The van der Waals surface area contributed by atoms with Crippen molar-refractivity contribution < 1.29 is 19.1 Å². The number of benzene rings is 2. The zero-order valence-electron chi connectivity index (χ0n) is 19.5. The van der Waals surface area contributed by atoms with Gasteiger partial charge in [0.2, 0.25) is 0 Å². The van der Waals surface area contributed by atoms with Gasteiger partial charge in [-0.2, -0.15) is 5.26 Å². The normalized spacial score (nSPS) is 23.4. The van der Waals surface area contributed by atoms with Crippen LogP contribution in [0.2, 0.25) is 0 Å². The van der Waals surface area contributed by atoms with Crippen LogP contribution in [0.1, 0.15) is 18.4 Å². The second-order valence-corrected chi connectivity index (χ2v) is 9.51. The minimum atomic E-state index is -0.928. The summed E-state index contributed by atoms with van der Waals surface area (Å²) in [4.78, 5) is 24.5. The number of oxazole rings is 1. The van der Waals surface area contributed by atoms with Gasteiger partial charge in [0.15, 0.2) is 5.58 Å². The molecule has 2 heterocycles. The number of nitriles is 1. The van der Waals surface area contributed by atoms with Crippen molar-refractivity contribution in [1.82, 2.24) is 15.2 Å². The Kier molecular flexibility index (Phi) is 6.19. The molecule has 9 heteroatoms. The van der Waals surface area contributed by atoms with Crippen LogP contribution in [0, 0.1) is 17.2 Å². The molecule has 0 bridgehead atoms. The molecule has 2 aromatic carbocycles. The van der Waals surface area contributed by atoms with E-state index < -0.39 is 23.5 Å². The first kappa shape index (κ1) is 23.3. The summed E-state index contributed by atoms with van der Waals surface area (Å²) in [6.07, 6.45) is 1.55. The van der Waals surface area contributed by atoms with E-state index in [1.807, 2.05) is 36.4 Å². The highest BCUT2D eigenvalue weighted by Crippen LogP contribution is 2.40. The zero-order chi connectivity index (χ0) is 24.6. The van der Waals surface area contributed by atoms with Gasteiger partial charge in [-0.1, -0.05) is 30.3 Å². The summed E-state index contributed by atoms with van der Waals surface area (Å²) >= 11 is 0. The van der Waals surface area contributed by atoms with Gasteiger partial charge in [0.1, 0.15) is 17.7 Å². The lowest BCUT2D eigenvalue weighted by atomic mass is 9.99. The van der Waals surface area contributed by atoms with Gasteiger partial charge in [0.25, 0.3) is 5.91 Å². The molecule has 1 saturated carbocycles. The summed E-state index contributed by atoms with van der Waals surface area (Å²) in [5.41, 5.74) is 3.13. The van der Waals surface area contributed by atoms with Crippen LogP contribution < -0.4 is 16.4 Å². The van der Waals surface area contributed by atoms with Gasteiger partial charge >= 0.3 is 5.76 Å². The average Bonchev–Trinajstić information content (AvgIpc) is 3.69. The molecule has 1 amide bonds. The number of aryl methyl sites for hydroxylation is 1. The average molecular weight is 477 g/mol. The predicted molar refractivity (Wildman–Crippen MR) is 128 cm³/mol. The number of aromatic nitrogens is 1. The molecule has 3 aromatic rings. The summed E-state index contributed by atoms with van der Waals surface area (Å²) in [6, 6.07) is 14.7. The minimum Gasteiger partial charge on any atom is -0.408 e. The second-order valence-electron chi connectivity index (χ2n) is 9.51. The van der Waals surface area contributed by atoms with Crippen LogP contribution in [0.3, 0.4) is 0 Å².